The lowest BCUT2D eigenvalue weighted by atomic mass is 10.0. The van der Waals surface area contributed by atoms with Crippen molar-refractivity contribution >= 4 is 24.2 Å². The molecule has 104 valence electrons. The van der Waals surface area contributed by atoms with Gasteiger partial charge in [0.05, 0.1) is 0 Å². The van der Waals surface area contributed by atoms with Gasteiger partial charge in [-0.2, -0.15) is 0 Å². The average Bonchev–Trinajstić information content (AvgIpc) is 2.38. The van der Waals surface area contributed by atoms with Crippen LogP contribution < -0.4 is 11.5 Å². The standard InChI is InChI=1S/C13H17N3O2.ClH/c14-11-2-1-7-16(8-11)13(18)10-5-3-9(4-6-10)12(15)17;/h3-6,11H,1-2,7-8,14H2,(H2,15,17);1H. The first-order valence-electron chi connectivity index (χ1n) is 6.02. The number of rotatable bonds is 2. The van der Waals surface area contributed by atoms with Crippen molar-refractivity contribution in [2.24, 2.45) is 11.5 Å². The molecule has 1 aliphatic heterocycles. The highest BCUT2D eigenvalue weighted by Gasteiger charge is 2.22. The number of hydrogen-bond acceptors (Lipinski definition) is 3. The van der Waals surface area contributed by atoms with Gasteiger partial charge in [0.2, 0.25) is 5.91 Å². The maximum Gasteiger partial charge on any atom is 0.253 e. The smallest absolute Gasteiger partial charge is 0.253 e. The Kier molecular flexibility index (Phi) is 5.32. The van der Waals surface area contributed by atoms with Crippen molar-refractivity contribution in [3.8, 4) is 0 Å². The second-order valence-electron chi connectivity index (χ2n) is 4.60. The Balaban J connectivity index is 0.00000180. The number of halogens is 1. The van der Waals surface area contributed by atoms with Crippen molar-refractivity contribution in [1.82, 2.24) is 4.90 Å². The zero-order valence-electron chi connectivity index (χ0n) is 10.5. The van der Waals surface area contributed by atoms with Crippen LogP contribution in [0, 0.1) is 0 Å². The van der Waals surface area contributed by atoms with Crippen LogP contribution >= 0.6 is 12.4 Å². The van der Waals surface area contributed by atoms with Crippen LogP contribution in [0.4, 0.5) is 0 Å². The lowest BCUT2D eigenvalue weighted by Gasteiger charge is -2.30. The minimum absolute atomic E-state index is 0. The van der Waals surface area contributed by atoms with Crippen LogP contribution in [0.2, 0.25) is 0 Å². The number of primary amides is 1. The quantitative estimate of drug-likeness (QED) is 0.840. The fraction of sp³-hybridized carbons (Fsp3) is 0.385. The molecule has 1 saturated heterocycles. The lowest BCUT2D eigenvalue weighted by Crippen LogP contribution is -2.45. The molecule has 4 N–H and O–H groups in total. The van der Waals surface area contributed by atoms with E-state index in [2.05, 4.69) is 0 Å². The van der Waals surface area contributed by atoms with Gasteiger partial charge in [0.15, 0.2) is 0 Å². The van der Waals surface area contributed by atoms with Crippen molar-refractivity contribution < 1.29 is 9.59 Å². The molecule has 1 aliphatic rings. The molecule has 1 atom stereocenters. The number of nitrogens with two attached hydrogens (primary N) is 2. The van der Waals surface area contributed by atoms with Crippen molar-refractivity contribution in [3.63, 3.8) is 0 Å². The number of carbonyl (C=O) groups is 2. The monoisotopic (exact) mass is 283 g/mol. The zero-order chi connectivity index (χ0) is 13.1. The van der Waals surface area contributed by atoms with Gasteiger partial charge in [-0.25, -0.2) is 0 Å². The number of hydrogen-bond donors (Lipinski definition) is 2. The van der Waals surface area contributed by atoms with Crippen LogP contribution in [0.3, 0.4) is 0 Å². The second-order valence-corrected chi connectivity index (χ2v) is 4.60. The average molecular weight is 284 g/mol. The third kappa shape index (κ3) is 3.68. The molecule has 0 aliphatic carbocycles. The van der Waals surface area contributed by atoms with Crippen molar-refractivity contribution in [1.29, 1.82) is 0 Å². The van der Waals surface area contributed by atoms with Crippen LogP contribution in [0.25, 0.3) is 0 Å². The van der Waals surface area contributed by atoms with E-state index < -0.39 is 5.91 Å². The third-order valence-electron chi connectivity index (χ3n) is 3.16. The van der Waals surface area contributed by atoms with Gasteiger partial charge in [-0.1, -0.05) is 0 Å². The first-order valence-corrected chi connectivity index (χ1v) is 6.02. The lowest BCUT2D eigenvalue weighted by molar-refractivity contribution is 0.0708. The van der Waals surface area contributed by atoms with Gasteiger partial charge in [-0.3, -0.25) is 9.59 Å². The fourth-order valence-electron chi connectivity index (χ4n) is 2.15. The molecular weight excluding hydrogens is 266 g/mol. The number of nitrogens with zero attached hydrogens (tertiary/aromatic N) is 1. The van der Waals surface area contributed by atoms with Gasteiger partial charge in [0.25, 0.3) is 5.91 Å². The highest BCUT2D eigenvalue weighted by molar-refractivity contribution is 5.97. The summed E-state index contributed by atoms with van der Waals surface area (Å²) in [6.45, 7) is 1.33. The first kappa shape index (κ1) is 15.5. The van der Waals surface area contributed by atoms with E-state index in [0.29, 0.717) is 17.7 Å². The summed E-state index contributed by atoms with van der Waals surface area (Å²) in [5, 5.41) is 0. The van der Waals surface area contributed by atoms with Crippen LogP contribution in [0.5, 0.6) is 0 Å². The van der Waals surface area contributed by atoms with E-state index in [1.165, 1.54) is 0 Å². The maximum absolute atomic E-state index is 12.2. The fourth-order valence-corrected chi connectivity index (χ4v) is 2.15. The molecule has 6 heteroatoms. The maximum atomic E-state index is 12.2. The van der Waals surface area contributed by atoms with E-state index in [4.69, 9.17) is 11.5 Å². The molecule has 1 aromatic carbocycles. The van der Waals surface area contributed by atoms with E-state index >= 15 is 0 Å². The summed E-state index contributed by atoms with van der Waals surface area (Å²) in [4.78, 5) is 24.9. The summed E-state index contributed by atoms with van der Waals surface area (Å²) in [6.07, 6.45) is 1.90. The predicted molar refractivity (Wildman–Crippen MR) is 75.3 cm³/mol. The topological polar surface area (TPSA) is 89.4 Å². The van der Waals surface area contributed by atoms with Crippen LogP contribution in [0.15, 0.2) is 24.3 Å². The van der Waals surface area contributed by atoms with Gasteiger partial charge in [-0.05, 0) is 37.1 Å². The Morgan fingerprint density at radius 2 is 1.74 bits per heavy atom. The molecule has 1 heterocycles. The van der Waals surface area contributed by atoms with Crippen LogP contribution in [-0.2, 0) is 0 Å². The van der Waals surface area contributed by atoms with E-state index in [9.17, 15) is 9.59 Å². The molecule has 5 nitrogen and oxygen atoms in total. The minimum Gasteiger partial charge on any atom is -0.366 e. The molecule has 1 fully saturated rings. The zero-order valence-corrected chi connectivity index (χ0v) is 11.4. The Morgan fingerprint density at radius 1 is 1.16 bits per heavy atom. The third-order valence-corrected chi connectivity index (χ3v) is 3.16. The summed E-state index contributed by atoms with van der Waals surface area (Å²) in [7, 11) is 0. The van der Waals surface area contributed by atoms with Gasteiger partial charge in [0, 0.05) is 30.3 Å². The molecule has 0 aromatic heterocycles. The summed E-state index contributed by atoms with van der Waals surface area (Å²) in [6, 6.07) is 6.46. The Hall–Kier alpha value is -1.59. The summed E-state index contributed by atoms with van der Waals surface area (Å²) >= 11 is 0. The Bertz CT molecular complexity index is 461. The van der Waals surface area contributed by atoms with E-state index in [0.717, 1.165) is 19.4 Å². The summed E-state index contributed by atoms with van der Waals surface area (Å²) in [5.74, 6) is -0.532. The highest BCUT2D eigenvalue weighted by Crippen LogP contribution is 2.13. The van der Waals surface area contributed by atoms with E-state index in [1.807, 2.05) is 0 Å². The van der Waals surface area contributed by atoms with Gasteiger partial charge < -0.3 is 16.4 Å². The van der Waals surface area contributed by atoms with Crippen LogP contribution in [-0.4, -0.2) is 35.8 Å². The molecule has 1 unspecified atom stereocenters. The second kappa shape index (κ2) is 6.54. The number of likely N-dealkylation sites (tertiary alicyclic amines) is 1. The Morgan fingerprint density at radius 3 is 2.26 bits per heavy atom. The molecule has 19 heavy (non-hydrogen) atoms. The van der Waals surface area contributed by atoms with Crippen molar-refractivity contribution in [2.75, 3.05) is 13.1 Å². The number of benzene rings is 1. The first-order chi connectivity index (χ1) is 8.58. The number of amides is 2. The van der Waals surface area contributed by atoms with Crippen LogP contribution in [0.1, 0.15) is 33.6 Å². The highest BCUT2D eigenvalue weighted by atomic mass is 35.5. The SMILES string of the molecule is Cl.NC(=O)c1ccc(C(=O)N2CCCC(N)C2)cc1. The molecule has 2 amide bonds. The number of piperidine rings is 1. The summed E-state index contributed by atoms with van der Waals surface area (Å²) < 4.78 is 0. The van der Waals surface area contributed by atoms with Crippen molar-refractivity contribution in [3.05, 3.63) is 35.4 Å². The van der Waals surface area contributed by atoms with Crippen molar-refractivity contribution in [2.45, 2.75) is 18.9 Å². The summed E-state index contributed by atoms with van der Waals surface area (Å²) in [5.41, 5.74) is 12.0. The van der Waals surface area contributed by atoms with E-state index in [-0.39, 0.29) is 24.4 Å². The normalized spacial score (nSPS) is 18.6. The molecule has 0 radical (unpaired) electrons. The molecule has 1 aromatic rings. The minimum atomic E-state index is -0.492. The van der Waals surface area contributed by atoms with Gasteiger partial charge >= 0.3 is 0 Å². The largest absolute Gasteiger partial charge is 0.366 e. The molecule has 2 rings (SSSR count). The van der Waals surface area contributed by atoms with E-state index in [1.54, 1.807) is 29.2 Å². The molecule has 0 saturated carbocycles. The Labute approximate surface area is 118 Å². The van der Waals surface area contributed by atoms with Gasteiger partial charge in [-0.15, -0.1) is 12.4 Å². The number of carbonyl (C=O) groups excluding carboxylic acids is 2. The predicted octanol–water partition coefficient (Wildman–Crippen LogP) is 0.771. The molecule has 0 bridgehead atoms. The molecule has 0 spiro atoms. The van der Waals surface area contributed by atoms with Gasteiger partial charge in [0.1, 0.15) is 0 Å². The molecular formula is C13H18ClN3O2.